The fourth-order valence-corrected chi connectivity index (χ4v) is 2.38. The molecular formula is C17H21BrN2O3. The molecular weight excluding hydrogens is 360 g/mol. The van der Waals surface area contributed by atoms with Gasteiger partial charge in [0.15, 0.2) is 6.61 Å². The van der Waals surface area contributed by atoms with Crippen LogP contribution in [0.5, 0.6) is 5.75 Å². The maximum Gasteiger partial charge on any atom is 0.258 e. The molecule has 0 bridgehead atoms. The summed E-state index contributed by atoms with van der Waals surface area (Å²) in [6, 6.07) is 11.2. The van der Waals surface area contributed by atoms with Gasteiger partial charge in [0.25, 0.3) is 5.91 Å². The lowest BCUT2D eigenvalue weighted by Gasteiger charge is -2.22. The molecule has 0 fully saturated rings. The topological polar surface area (TPSA) is 54.7 Å². The average Bonchev–Trinajstić information content (AvgIpc) is 2.93. The lowest BCUT2D eigenvalue weighted by Crippen LogP contribution is -2.36. The molecule has 0 saturated carbocycles. The van der Waals surface area contributed by atoms with Gasteiger partial charge in [0.05, 0.1) is 6.04 Å². The summed E-state index contributed by atoms with van der Waals surface area (Å²) in [6.45, 7) is 2.35. The number of nitrogens with zero attached hydrogens (tertiary/aromatic N) is 1. The summed E-state index contributed by atoms with van der Waals surface area (Å²) in [7, 11) is 3.90. The highest BCUT2D eigenvalue weighted by molar-refractivity contribution is 9.10. The Bertz CT molecular complexity index is 638. The molecule has 0 aliphatic heterocycles. The van der Waals surface area contributed by atoms with Crippen molar-refractivity contribution < 1.29 is 13.9 Å². The molecule has 0 aliphatic carbocycles. The van der Waals surface area contributed by atoms with Crippen molar-refractivity contribution in [3.63, 3.8) is 0 Å². The number of hydrogen-bond acceptors (Lipinski definition) is 4. The minimum Gasteiger partial charge on any atom is -0.484 e. The van der Waals surface area contributed by atoms with Crippen LogP contribution in [0.4, 0.5) is 0 Å². The second kappa shape index (κ2) is 8.17. The van der Waals surface area contributed by atoms with Crippen molar-refractivity contribution in [3.8, 4) is 5.75 Å². The van der Waals surface area contributed by atoms with Gasteiger partial charge >= 0.3 is 0 Å². The van der Waals surface area contributed by atoms with Gasteiger partial charge in [0, 0.05) is 11.0 Å². The normalized spacial score (nSPS) is 12.2. The van der Waals surface area contributed by atoms with Crippen molar-refractivity contribution >= 4 is 21.8 Å². The van der Waals surface area contributed by atoms with Crippen molar-refractivity contribution in [2.45, 2.75) is 13.0 Å². The van der Waals surface area contributed by atoms with Gasteiger partial charge in [0.2, 0.25) is 0 Å². The first kappa shape index (κ1) is 17.6. The number of rotatable bonds is 7. The standard InChI is InChI=1S/C17H21BrN2O3/c1-12-4-9-16(23-12)15(20(2)3)10-19-17(21)11-22-14-7-5-13(18)6-8-14/h4-9,15H,10-11H2,1-3H3,(H,19,21). The van der Waals surface area contributed by atoms with Crippen molar-refractivity contribution in [1.82, 2.24) is 10.2 Å². The molecule has 1 unspecified atom stereocenters. The summed E-state index contributed by atoms with van der Waals surface area (Å²) < 4.78 is 12.1. The van der Waals surface area contributed by atoms with Crippen molar-refractivity contribution in [2.75, 3.05) is 27.2 Å². The Kier molecular flexibility index (Phi) is 6.24. The molecule has 2 rings (SSSR count). The Labute approximate surface area is 144 Å². The van der Waals surface area contributed by atoms with Crippen LogP contribution in [-0.2, 0) is 4.79 Å². The maximum absolute atomic E-state index is 12.0. The summed E-state index contributed by atoms with van der Waals surface area (Å²) >= 11 is 3.36. The SMILES string of the molecule is Cc1ccc(C(CNC(=O)COc2ccc(Br)cc2)N(C)C)o1. The molecule has 1 atom stereocenters. The van der Waals surface area contributed by atoms with E-state index in [1.165, 1.54) is 0 Å². The second-order valence-corrected chi connectivity index (χ2v) is 6.39. The maximum atomic E-state index is 12.0. The van der Waals surface area contributed by atoms with E-state index in [2.05, 4.69) is 21.2 Å². The van der Waals surface area contributed by atoms with E-state index in [9.17, 15) is 4.79 Å². The van der Waals surface area contributed by atoms with Crippen LogP contribution in [0, 0.1) is 6.92 Å². The van der Waals surface area contributed by atoms with E-state index >= 15 is 0 Å². The first-order chi connectivity index (χ1) is 11.0. The summed E-state index contributed by atoms with van der Waals surface area (Å²) in [5.41, 5.74) is 0. The summed E-state index contributed by atoms with van der Waals surface area (Å²) in [6.07, 6.45) is 0. The molecule has 0 radical (unpaired) electrons. The number of nitrogens with one attached hydrogen (secondary N) is 1. The van der Waals surface area contributed by atoms with Gasteiger partial charge in [-0.1, -0.05) is 15.9 Å². The van der Waals surface area contributed by atoms with Crippen LogP contribution in [0.3, 0.4) is 0 Å². The molecule has 124 valence electrons. The van der Waals surface area contributed by atoms with Gasteiger partial charge < -0.3 is 14.5 Å². The number of ether oxygens (including phenoxy) is 1. The third kappa shape index (κ3) is 5.41. The van der Waals surface area contributed by atoms with E-state index in [0.29, 0.717) is 12.3 Å². The number of likely N-dealkylation sites (N-methyl/N-ethyl adjacent to an activating group) is 1. The van der Waals surface area contributed by atoms with Gasteiger partial charge in [-0.3, -0.25) is 9.69 Å². The number of carbonyl (C=O) groups is 1. The van der Waals surface area contributed by atoms with Crippen LogP contribution in [0.2, 0.25) is 0 Å². The molecule has 0 spiro atoms. The summed E-state index contributed by atoms with van der Waals surface area (Å²) in [5, 5.41) is 2.88. The number of amides is 1. The average molecular weight is 381 g/mol. The minimum absolute atomic E-state index is 0.0136. The summed E-state index contributed by atoms with van der Waals surface area (Å²) in [5.74, 6) is 2.19. The highest BCUT2D eigenvalue weighted by Gasteiger charge is 2.18. The Morgan fingerprint density at radius 1 is 1.26 bits per heavy atom. The number of carbonyl (C=O) groups excluding carboxylic acids is 1. The lowest BCUT2D eigenvalue weighted by molar-refractivity contribution is -0.123. The number of furan rings is 1. The fraction of sp³-hybridized carbons (Fsp3) is 0.353. The van der Waals surface area contributed by atoms with E-state index in [0.717, 1.165) is 16.0 Å². The third-order valence-corrected chi connectivity index (χ3v) is 3.92. The van der Waals surface area contributed by atoms with Crippen molar-refractivity contribution in [1.29, 1.82) is 0 Å². The Balaban J connectivity index is 1.83. The molecule has 0 aliphatic rings. The van der Waals surface area contributed by atoms with Crippen LogP contribution >= 0.6 is 15.9 Å². The highest BCUT2D eigenvalue weighted by Crippen LogP contribution is 2.20. The van der Waals surface area contributed by atoms with Crippen molar-refractivity contribution in [3.05, 3.63) is 52.4 Å². The molecule has 0 saturated heterocycles. The first-order valence-electron chi connectivity index (χ1n) is 7.33. The molecule has 6 heteroatoms. The van der Waals surface area contributed by atoms with Gasteiger partial charge in [-0.05, 0) is 57.4 Å². The predicted molar refractivity (Wildman–Crippen MR) is 92.5 cm³/mol. The predicted octanol–water partition coefficient (Wildman–Crippen LogP) is 3.15. The molecule has 1 aromatic heterocycles. The number of aryl methyl sites for hydroxylation is 1. The number of hydrogen-bond donors (Lipinski definition) is 1. The molecule has 1 amide bonds. The van der Waals surface area contributed by atoms with Crippen LogP contribution in [0.15, 0.2) is 45.3 Å². The molecule has 2 aromatic rings. The van der Waals surface area contributed by atoms with Gasteiger partial charge in [-0.15, -0.1) is 0 Å². The zero-order valence-corrected chi connectivity index (χ0v) is 15.1. The molecule has 1 aromatic carbocycles. The van der Waals surface area contributed by atoms with Crippen LogP contribution < -0.4 is 10.1 Å². The fourth-order valence-electron chi connectivity index (χ4n) is 2.11. The Morgan fingerprint density at radius 3 is 2.52 bits per heavy atom. The van der Waals surface area contributed by atoms with Gasteiger partial charge in [0.1, 0.15) is 17.3 Å². The smallest absolute Gasteiger partial charge is 0.258 e. The zero-order valence-electron chi connectivity index (χ0n) is 13.5. The van der Waals surface area contributed by atoms with Gasteiger partial charge in [-0.25, -0.2) is 0 Å². The van der Waals surface area contributed by atoms with E-state index in [1.807, 2.05) is 62.3 Å². The van der Waals surface area contributed by atoms with Crippen LogP contribution in [0.25, 0.3) is 0 Å². The zero-order chi connectivity index (χ0) is 16.8. The molecule has 5 nitrogen and oxygen atoms in total. The van der Waals surface area contributed by atoms with Gasteiger partial charge in [-0.2, -0.15) is 0 Å². The van der Waals surface area contributed by atoms with E-state index < -0.39 is 0 Å². The largest absolute Gasteiger partial charge is 0.484 e. The lowest BCUT2D eigenvalue weighted by atomic mass is 10.2. The minimum atomic E-state index is -0.164. The molecule has 1 N–H and O–H groups in total. The Morgan fingerprint density at radius 2 is 1.96 bits per heavy atom. The third-order valence-electron chi connectivity index (χ3n) is 3.39. The van der Waals surface area contributed by atoms with Crippen LogP contribution in [-0.4, -0.2) is 38.1 Å². The number of benzene rings is 1. The quantitative estimate of drug-likeness (QED) is 0.801. The molecule has 1 heterocycles. The second-order valence-electron chi connectivity index (χ2n) is 5.47. The number of halogens is 1. The summed E-state index contributed by atoms with van der Waals surface area (Å²) in [4.78, 5) is 14.0. The van der Waals surface area contributed by atoms with E-state index in [-0.39, 0.29) is 18.6 Å². The van der Waals surface area contributed by atoms with Crippen molar-refractivity contribution in [2.24, 2.45) is 0 Å². The van der Waals surface area contributed by atoms with E-state index in [4.69, 9.17) is 9.15 Å². The Hall–Kier alpha value is -1.79. The van der Waals surface area contributed by atoms with E-state index in [1.54, 1.807) is 0 Å². The molecule has 23 heavy (non-hydrogen) atoms. The highest BCUT2D eigenvalue weighted by atomic mass is 79.9. The first-order valence-corrected chi connectivity index (χ1v) is 8.13. The monoisotopic (exact) mass is 380 g/mol. The van der Waals surface area contributed by atoms with Crippen LogP contribution in [0.1, 0.15) is 17.6 Å².